The molecule has 34 heavy (non-hydrogen) atoms. The normalized spacial score (nSPS) is 16.4. The van der Waals surface area contributed by atoms with Gasteiger partial charge in [-0.05, 0) is 80.4 Å². The predicted molar refractivity (Wildman–Crippen MR) is 130 cm³/mol. The first-order valence-electron chi connectivity index (χ1n) is 11.3. The second kappa shape index (κ2) is 9.54. The molecule has 3 aromatic carbocycles. The molecule has 3 aromatic rings. The first kappa shape index (κ1) is 23.3. The van der Waals surface area contributed by atoms with Gasteiger partial charge in [0.1, 0.15) is 11.8 Å². The van der Waals surface area contributed by atoms with Crippen LogP contribution in [0.4, 0.5) is 5.69 Å². The molecule has 0 saturated heterocycles. The Morgan fingerprint density at radius 3 is 2.74 bits per heavy atom. The second-order valence-electron chi connectivity index (χ2n) is 8.53. The SMILES string of the molecule is CN[C@@H](C)C(=O)N[C@H]1CCc2ccc#cc2N(Cc2c(O)ccc3c(C(C)=O)cccc23)C1=O. The Morgan fingerprint density at radius 1 is 1.21 bits per heavy atom. The van der Waals surface area contributed by atoms with Crippen molar-refractivity contribution in [3.05, 3.63) is 71.3 Å². The minimum Gasteiger partial charge on any atom is -0.508 e. The summed E-state index contributed by atoms with van der Waals surface area (Å²) in [5.41, 5.74) is 2.56. The predicted octanol–water partition coefficient (Wildman–Crippen LogP) is 2.92. The molecular formula is C27H27N3O4. The van der Waals surface area contributed by atoms with Crippen molar-refractivity contribution in [1.82, 2.24) is 10.6 Å². The van der Waals surface area contributed by atoms with E-state index in [1.165, 1.54) is 6.92 Å². The summed E-state index contributed by atoms with van der Waals surface area (Å²) in [5.74, 6) is -0.606. The molecular weight excluding hydrogens is 430 g/mol. The molecule has 7 heteroatoms. The smallest absolute Gasteiger partial charge is 0.250 e. The van der Waals surface area contributed by atoms with Crippen LogP contribution >= 0.6 is 0 Å². The summed E-state index contributed by atoms with van der Waals surface area (Å²) in [6, 6.07) is 17.0. The molecule has 0 saturated carbocycles. The lowest BCUT2D eigenvalue weighted by Crippen LogP contribution is -2.52. The van der Waals surface area contributed by atoms with Crippen molar-refractivity contribution in [2.24, 2.45) is 0 Å². The van der Waals surface area contributed by atoms with Crippen LogP contribution in [0.1, 0.15) is 41.8 Å². The summed E-state index contributed by atoms with van der Waals surface area (Å²) >= 11 is 0. The molecule has 1 aliphatic rings. The number of hydrogen-bond acceptors (Lipinski definition) is 5. The Balaban J connectivity index is 1.78. The average molecular weight is 458 g/mol. The molecule has 3 N–H and O–H groups in total. The van der Waals surface area contributed by atoms with E-state index in [4.69, 9.17) is 0 Å². The van der Waals surface area contributed by atoms with Gasteiger partial charge in [-0.25, -0.2) is 0 Å². The van der Waals surface area contributed by atoms with Crippen LogP contribution in [0.15, 0.2) is 42.5 Å². The van der Waals surface area contributed by atoms with E-state index in [1.54, 1.807) is 49.2 Å². The summed E-state index contributed by atoms with van der Waals surface area (Å²) in [4.78, 5) is 39.9. The maximum atomic E-state index is 13.7. The lowest BCUT2D eigenvalue weighted by atomic mass is 9.97. The molecule has 0 aromatic heterocycles. The zero-order valence-electron chi connectivity index (χ0n) is 19.4. The van der Waals surface area contributed by atoms with Crippen molar-refractivity contribution in [1.29, 1.82) is 0 Å². The summed E-state index contributed by atoms with van der Waals surface area (Å²) in [6.07, 6.45) is 1.02. The van der Waals surface area contributed by atoms with E-state index in [0.717, 1.165) is 5.56 Å². The van der Waals surface area contributed by atoms with Crippen molar-refractivity contribution in [2.75, 3.05) is 11.9 Å². The second-order valence-corrected chi connectivity index (χ2v) is 8.53. The molecule has 174 valence electrons. The summed E-state index contributed by atoms with van der Waals surface area (Å²) in [5, 5.41) is 17.9. The Kier molecular flexibility index (Phi) is 6.53. The monoisotopic (exact) mass is 457 g/mol. The molecule has 0 fully saturated rings. The Labute approximate surface area is 198 Å². The summed E-state index contributed by atoms with van der Waals surface area (Å²) in [6.45, 7) is 3.28. The third-order valence-corrected chi connectivity index (χ3v) is 6.39. The van der Waals surface area contributed by atoms with Gasteiger partial charge in [0.05, 0.1) is 18.3 Å². The number of carbonyl (C=O) groups is 3. The van der Waals surface area contributed by atoms with Gasteiger partial charge in [-0.3, -0.25) is 19.3 Å². The number of amides is 2. The number of nitrogens with one attached hydrogen (secondary N) is 2. The lowest BCUT2D eigenvalue weighted by Gasteiger charge is -2.27. The number of fused-ring (bicyclic) bond motifs is 2. The van der Waals surface area contributed by atoms with Crippen LogP contribution in [-0.2, 0) is 22.6 Å². The standard InChI is InChI=1S/C27H27N3O4/c1-16(28-3)26(33)29-23-13-11-18-7-4-5-10-24(18)30(27(23)34)15-22-20-9-6-8-19(17(2)31)21(20)12-14-25(22)32/h4,6-9,12,14,16,23,28,32H,11,13,15H2,1-3H3,(H,29,33)/t16-,23-/m0/s1. The average Bonchev–Trinajstić information content (AvgIpc) is 2.96. The fraction of sp³-hybridized carbons (Fsp3) is 0.296. The van der Waals surface area contributed by atoms with Crippen molar-refractivity contribution in [3.63, 3.8) is 0 Å². The summed E-state index contributed by atoms with van der Waals surface area (Å²) < 4.78 is 0. The number of phenols is 1. The van der Waals surface area contributed by atoms with Crippen molar-refractivity contribution in [2.45, 2.75) is 45.3 Å². The minimum atomic E-state index is -0.728. The van der Waals surface area contributed by atoms with Gasteiger partial charge in [-0.1, -0.05) is 24.3 Å². The van der Waals surface area contributed by atoms with Gasteiger partial charge in [0.2, 0.25) is 11.8 Å². The zero-order chi connectivity index (χ0) is 24.4. The quantitative estimate of drug-likeness (QED) is 0.495. The third-order valence-electron chi connectivity index (χ3n) is 6.39. The van der Waals surface area contributed by atoms with E-state index < -0.39 is 12.1 Å². The molecule has 1 aliphatic heterocycles. The number of phenolic OH excluding ortho intramolecular Hbond substituents is 1. The molecule has 0 aliphatic carbocycles. The van der Waals surface area contributed by atoms with Gasteiger partial charge < -0.3 is 15.7 Å². The van der Waals surface area contributed by atoms with Crippen LogP contribution in [0.25, 0.3) is 10.8 Å². The van der Waals surface area contributed by atoms with Crippen LogP contribution < -0.4 is 15.5 Å². The summed E-state index contributed by atoms with van der Waals surface area (Å²) in [7, 11) is 1.69. The molecule has 0 unspecified atom stereocenters. The van der Waals surface area contributed by atoms with Crippen molar-refractivity contribution >= 4 is 34.1 Å². The number of aryl methyl sites for hydroxylation is 1. The highest BCUT2D eigenvalue weighted by molar-refractivity contribution is 6.08. The minimum absolute atomic E-state index is 0.0242. The van der Waals surface area contributed by atoms with Gasteiger partial charge in [0.25, 0.3) is 0 Å². The van der Waals surface area contributed by atoms with Gasteiger partial charge >= 0.3 is 0 Å². The Hall–Kier alpha value is -3.89. The van der Waals surface area contributed by atoms with Crippen molar-refractivity contribution in [3.8, 4) is 5.75 Å². The Morgan fingerprint density at radius 2 is 2.00 bits per heavy atom. The van der Waals surface area contributed by atoms with Crippen LogP contribution in [0.5, 0.6) is 5.75 Å². The molecule has 7 nitrogen and oxygen atoms in total. The fourth-order valence-corrected chi connectivity index (χ4v) is 4.33. The topological polar surface area (TPSA) is 98.7 Å². The number of aromatic hydroxyl groups is 1. The number of hydrogen-bond donors (Lipinski definition) is 3. The number of anilines is 1. The largest absolute Gasteiger partial charge is 0.508 e. The number of nitrogens with zero attached hydrogens (tertiary/aromatic N) is 1. The number of rotatable bonds is 6. The van der Waals surface area contributed by atoms with E-state index in [1.807, 2.05) is 12.1 Å². The molecule has 0 radical (unpaired) electrons. The maximum Gasteiger partial charge on any atom is 0.250 e. The highest BCUT2D eigenvalue weighted by atomic mass is 16.3. The molecule has 2 atom stereocenters. The number of benzene rings is 2. The Bertz CT molecular complexity index is 1270. The van der Waals surface area contributed by atoms with E-state index >= 15 is 0 Å². The molecule has 0 spiro atoms. The van der Waals surface area contributed by atoms with E-state index in [0.29, 0.717) is 40.4 Å². The molecule has 4 rings (SSSR count). The van der Waals surface area contributed by atoms with E-state index in [2.05, 4.69) is 22.8 Å². The number of carbonyl (C=O) groups excluding carboxylic acids is 3. The van der Waals surface area contributed by atoms with Gasteiger partial charge in [0.15, 0.2) is 5.78 Å². The number of Topliss-reactive ketones (excluding diaryl/α,β-unsaturated/α-hetero) is 1. The number of likely N-dealkylation sites (N-methyl/N-ethyl adjacent to an activating group) is 1. The van der Waals surface area contributed by atoms with Gasteiger partial charge in [-0.15, -0.1) is 0 Å². The zero-order valence-corrected chi connectivity index (χ0v) is 19.4. The van der Waals surface area contributed by atoms with E-state index in [9.17, 15) is 19.5 Å². The highest BCUT2D eigenvalue weighted by Gasteiger charge is 2.33. The lowest BCUT2D eigenvalue weighted by molar-refractivity contribution is -0.128. The van der Waals surface area contributed by atoms with Gasteiger partial charge in [-0.2, -0.15) is 0 Å². The van der Waals surface area contributed by atoms with Gasteiger partial charge in [0, 0.05) is 11.1 Å². The number of ketones is 1. The van der Waals surface area contributed by atoms with E-state index in [-0.39, 0.29) is 29.9 Å². The first-order valence-corrected chi connectivity index (χ1v) is 11.3. The molecule has 0 bridgehead atoms. The van der Waals surface area contributed by atoms with Crippen molar-refractivity contribution < 1.29 is 19.5 Å². The van der Waals surface area contributed by atoms with Crippen LogP contribution in [0.2, 0.25) is 0 Å². The maximum absolute atomic E-state index is 13.7. The first-order chi connectivity index (χ1) is 16.3. The molecule has 1 heterocycles. The third kappa shape index (κ3) is 4.33. The van der Waals surface area contributed by atoms with Crippen LogP contribution in [0, 0.1) is 12.1 Å². The van der Waals surface area contributed by atoms with Crippen LogP contribution in [0.3, 0.4) is 0 Å². The fourth-order valence-electron chi connectivity index (χ4n) is 4.33. The highest BCUT2D eigenvalue weighted by Crippen LogP contribution is 2.34. The van der Waals surface area contributed by atoms with Crippen LogP contribution in [-0.4, -0.2) is 41.8 Å². The molecule has 2 amide bonds.